The van der Waals surface area contributed by atoms with Crippen molar-refractivity contribution in [2.24, 2.45) is 7.05 Å². The minimum atomic E-state index is -1.14. The molecule has 0 bridgehead atoms. The monoisotopic (exact) mass is 491 g/mol. The number of carbonyl (C=O) groups is 2. The Morgan fingerprint density at radius 1 is 1.17 bits per heavy atom. The van der Waals surface area contributed by atoms with E-state index in [0.717, 1.165) is 0 Å². The third kappa shape index (κ3) is 4.34. The summed E-state index contributed by atoms with van der Waals surface area (Å²) in [5.74, 6) is -1.36. The third-order valence-corrected chi connectivity index (χ3v) is 5.43. The number of hydrogen-bond acceptors (Lipinski definition) is 4. The van der Waals surface area contributed by atoms with Crippen LogP contribution in [0.3, 0.4) is 0 Å². The fourth-order valence-electron chi connectivity index (χ4n) is 2.87. The molecular formula is C21H19BrClN3O4. The molecule has 1 heterocycles. The molecule has 0 saturated heterocycles. The van der Waals surface area contributed by atoms with E-state index in [-0.39, 0.29) is 21.8 Å². The summed E-state index contributed by atoms with van der Waals surface area (Å²) < 4.78 is 8.98. The highest BCUT2D eigenvalue weighted by Gasteiger charge is 2.24. The van der Waals surface area contributed by atoms with Crippen molar-refractivity contribution in [1.29, 1.82) is 0 Å². The predicted octanol–water partition coefficient (Wildman–Crippen LogP) is 4.08. The highest BCUT2D eigenvalue weighted by atomic mass is 79.9. The van der Waals surface area contributed by atoms with Gasteiger partial charge >= 0.3 is 5.97 Å². The van der Waals surface area contributed by atoms with E-state index in [1.807, 2.05) is 18.2 Å². The topological polar surface area (TPSA) is 82.3 Å². The maximum absolute atomic E-state index is 12.9. The first-order chi connectivity index (χ1) is 14.2. The molecule has 9 heteroatoms. The standard InChI is InChI=1S/C21H19BrClN3O4/c1-12-18(20(28)26(25(12)3)15-7-5-4-6-8-15)24-19(27)13(2)30-21(29)16-11-14(22)9-10-17(16)23/h4-11,13H,1-3H3,(H,24,27)/t13-/m1/s1. The SMILES string of the molecule is Cc1c(NC(=O)[C@@H](C)OC(=O)c2cc(Br)ccc2Cl)c(=O)n(-c2ccccc2)n1C. The largest absolute Gasteiger partial charge is 0.449 e. The second-order valence-corrected chi connectivity index (χ2v) is 7.92. The average molecular weight is 493 g/mol. The number of hydrogen-bond donors (Lipinski definition) is 1. The summed E-state index contributed by atoms with van der Waals surface area (Å²) in [7, 11) is 1.72. The lowest BCUT2D eigenvalue weighted by atomic mass is 10.2. The van der Waals surface area contributed by atoms with Crippen molar-refractivity contribution in [2.75, 3.05) is 5.32 Å². The van der Waals surface area contributed by atoms with Crippen molar-refractivity contribution in [2.45, 2.75) is 20.0 Å². The molecule has 2 aromatic carbocycles. The van der Waals surface area contributed by atoms with Crippen LogP contribution in [0, 0.1) is 6.92 Å². The van der Waals surface area contributed by atoms with E-state index in [0.29, 0.717) is 15.9 Å². The maximum atomic E-state index is 12.9. The van der Waals surface area contributed by atoms with Gasteiger partial charge < -0.3 is 10.1 Å². The summed E-state index contributed by atoms with van der Waals surface area (Å²) in [6, 6.07) is 13.8. The lowest BCUT2D eigenvalue weighted by Gasteiger charge is -2.13. The Labute approximate surface area is 186 Å². The van der Waals surface area contributed by atoms with Gasteiger partial charge in [0.1, 0.15) is 5.69 Å². The zero-order chi connectivity index (χ0) is 22.0. The normalized spacial score (nSPS) is 11.8. The molecule has 1 atom stereocenters. The highest BCUT2D eigenvalue weighted by Crippen LogP contribution is 2.22. The molecule has 0 unspecified atom stereocenters. The molecule has 1 N–H and O–H groups in total. The van der Waals surface area contributed by atoms with Crippen molar-refractivity contribution >= 4 is 45.1 Å². The number of anilines is 1. The van der Waals surface area contributed by atoms with Crippen LogP contribution >= 0.6 is 27.5 Å². The number of ether oxygens (including phenoxy) is 1. The number of carbonyl (C=O) groups excluding carboxylic acids is 2. The first kappa shape index (κ1) is 21.9. The molecule has 0 aliphatic carbocycles. The van der Waals surface area contributed by atoms with Gasteiger partial charge in [-0.05, 0) is 44.2 Å². The van der Waals surface area contributed by atoms with Crippen LogP contribution in [-0.2, 0) is 16.6 Å². The lowest BCUT2D eigenvalue weighted by Crippen LogP contribution is -2.32. The number of nitrogens with one attached hydrogen (secondary N) is 1. The maximum Gasteiger partial charge on any atom is 0.340 e. The number of benzene rings is 2. The summed E-state index contributed by atoms with van der Waals surface area (Å²) in [4.78, 5) is 37.9. The zero-order valence-corrected chi connectivity index (χ0v) is 18.8. The molecule has 0 aliphatic heterocycles. The van der Waals surface area contributed by atoms with Crippen LogP contribution in [0.15, 0.2) is 57.8 Å². The van der Waals surface area contributed by atoms with E-state index < -0.39 is 18.0 Å². The lowest BCUT2D eigenvalue weighted by molar-refractivity contribution is -0.123. The van der Waals surface area contributed by atoms with E-state index >= 15 is 0 Å². The Hall–Kier alpha value is -2.84. The zero-order valence-electron chi connectivity index (χ0n) is 16.5. The Morgan fingerprint density at radius 2 is 1.83 bits per heavy atom. The van der Waals surface area contributed by atoms with Gasteiger partial charge in [-0.3, -0.25) is 14.3 Å². The molecule has 3 aromatic rings. The van der Waals surface area contributed by atoms with Crippen molar-refractivity contribution in [3.8, 4) is 5.69 Å². The summed E-state index contributed by atoms with van der Waals surface area (Å²) in [5, 5.41) is 2.79. The minimum absolute atomic E-state index is 0.120. The fraction of sp³-hybridized carbons (Fsp3) is 0.190. The van der Waals surface area contributed by atoms with Gasteiger partial charge in [0, 0.05) is 11.5 Å². The average Bonchev–Trinajstić information content (AvgIpc) is 2.93. The minimum Gasteiger partial charge on any atom is -0.449 e. The highest BCUT2D eigenvalue weighted by molar-refractivity contribution is 9.10. The first-order valence-electron chi connectivity index (χ1n) is 9.01. The van der Waals surface area contributed by atoms with Gasteiger partial charge in [0.15, 0.2) is 6.10 Å². The number of aromatic nitrogens is 2. The number of nitrogens with zero attached hydrogens (tertiary/aromatic N) is 2. The second-order valence-electron chi connectivity index (χ2n) is 6.60. The van der Waals surface area contributed by atoms with Crippen LogP contribution in [-0.4, -0.2) is 27.3 Å². The summed E-state index contributed by atoms with van der Waals surface area (Å²) in [6.45, 7) is 3.14. The van der Waals surface area contributed by atoms with Gasteiger partial charge in [-0.15, -0.1) is 0 Å². The van der Waals surface area contributed by atoms with Gasteiger partial charge in [-0.1, -0.05) is 45.7 Å². The van der Waals surface area contributed by atoms with E-state index in [4.69, 9.17) is 16.3 Å². The number of halogens is 2. The number of rotatable bonds is 5. The van der Waals surface area contributed by atoms with Crippen molar-refractivity contribution in [1.82, 2.24) is 9.36 Å². The van der Waals surface area contributed by atoms with Crippen molar-refractivity contribution < 1.29 is 14.3 Å². The van der Waals surface area contributed by atoms with E-state index in [1.165, 1.54) is 17.7 Å². The van der Waals surface area contributed by atoms with Gasteiger partial charge in [0.25, 0.3) is 11.5 Å². The quantitative estimate of drug-likeness (QED) is 0.544. The fourth-order valence-corrected chi connectivity index (χ4v) is 3.42. The number of esters is 1. The number of amides is 1. The predicted molar refractivity (Wildman–Crippen MR) is 118 cm³/mol. The van der Waals surface area contributed by atoms with E-state index in [9.17, 15) is 14.4 Å². The van der Waals surface area contributed by atoms with Crippen LogP contribution in [0.1, 0.15) is 23.0 Å². The summed E-state index contributed by atoms with van der Waals surface area (Å²) in [6.07, 6.45) is -1.14. The van der Waals surface area contributed by atoms with Crippen molar-refractivity contribution in [3.05, 3.63) is 79.6 Å². The molecule has 0 radical (unpaired) electrons. The van der Waals surface area contributed by atoms with Crippen LogP contribution < -0.4 is 10.9 Å². The molecule has 7 nitrogen and oxygen atoms in total. The van der Waals surface area contributed by atoms with Crippen LogP contribution in [0.2, 0.25) is 5.02 Å². The molecule has 1 amide bonds. The Bertz CT molecular complexity index is 1170. The molecule has 3 rings (SSSR count). The Morgan fingerprint density at radius 3 is 2.50 bits per heavy atom. The molecule has 0 spiro atoms. The molecule has 156 valence electrons. The molecule has 30 heavy (non-hydrogen) atoms. The van der Waals surface area contributed by atoms with Crippen LogP contribution in [0.5, 0.6) is 0 Å². The van der Waals surface area contributed by atoms with Gasteiger partial charge in [0.2, 0.25) is 0 Å². The second kappa shape index (κ2) is 8.89. The smallest absolute Gasteiger partial charge is 0.340 e. The van der Waals surface area contributed by atoms with E-state index in [2.05, 4.69) is 21.2 Å². The Balaban J connectivity index is 1.80. The molecular weight excluding hydrogens is 474 g/mol. The van der Waals surface area contributed by atoms with Crippen LogP contribution in [0.25, 0.3) is 5.69 Å². The van der Waals surface area contributed by atoms with Gasteiger partial charge in [-0.25, -0.2) is 9.48 Å². The third-order valence-electron chi connectivity index (χ3n) is 4.60. The number of para-hydroxylation sites is 1. The van der Waals surface area contributed by atoms with Crippen molar-refractivity contribution in [3.63, 3.8) is 0 Å². The van der Waals surface area contributed by atoms with Gasteiger partial charge in [0.05, 0.1) is 22.0 Å². The van der Waals surface area contributed by atoms with Gasteiger partial charge in [-0.2, -0.15) is 0 Å². The Kier molecular flexibility index (Phi) is 6.48. The summed E-state index contributed by atoms with van der Waals surface area (Å²) >= 11 is 9.30. The molecule has 1 aromatic heterocycles. The van der Waals surface area contributed by atoms with Crippen LogP contribution in [0.4, 0.5) is 5.69 Å². The molecule has 0 aliphatic rings. The summed E-state index contributed by atoms with van der Waals surface area (Å²) in [5.41, 5.74) is 1.09. The van der Waals surface area contributed by atoms with E-state index in [1.54, 1.807) is 42.9 Å². The molecule has 0 fully saturated rings. The molecule has 0 saturated carbocycles. The first-order valence-corrected chi connectivity index (χ1v) is 10.2.